The van der Waals surface area contributed by atoms with E-state index in [1.54, 1.807) is 0 Å². The van der Waals surface area contributed by atoms with Gasteiger partial charge in [0.15, 0.2) is 0 Å². The zero-order valence-electron chi connectivity index (χ0n) is 17.7. The van der Waals surface area contributed by atoms with Crippen LogP contribution in [0.25, 0.3) is 0 Å². The molecule has 0 atom stereocenters. The molecule has 0 fully saturated rings. The van der Waals surface area contributed by atoms with E-state index in [0.29, 0.717) is 6.61 Å². The highest BCUT2D eigenvalue weighted by Crippen LogP contribution is 2.31. The number of aryl methyl sites for hydroxylation is 2. The predicted octanol–water partition coefficient (Wildman–Crippen LogP) is 5.66. The van der Waals surface area contributed by atoms with E-state index in [2.05, 4.69) is 78.7 Å². The van der Waals surface area contributed by atoms with Gasteiger partial charge in [-0.3, -0.25) is 5.32 Å². The normalized spacial score (nSPS) is 12.5. The molecule has 3 aromatic carbocycles. The fourth-order valence-corrected chi connectivity index (χ4v) is 4.05. The van der Waals surface area contributed by atoms with Crippen LogP contribution in [-0.4, -0.2) is 19.2 Å². The number of benzene rings is 3. The number of ether oxygens (including phenoxy) is 1. The summed E-state index contributed by atoms with van der Waals surface area (Å²) in [5.74, 6) is 0. The molecule has 0 aromatic heterocycles. The molecule has 0 unspecified atom stereocenters. The highest BCUT2D eigenvalue weighted by Gasteiger charge is 2.19. The molecule has 1 amide bonds. The van der Waals surface area contributed by atoms with Crippen molar-refractivity contribution < 1.29 is 9.53 Å². The van der Waals surface area contributed by atoms with E-state index in [9.17, 15) is 4.79 Å². The second kappa shape index (κ2) is 9.04. The van der Waals surface area contributed by atoms with Crippen LogP contribution in [-0.2, 0) is 24.1 Å². The van der Waals surface area contributed by atoms with Crippen molar-refractivity contribution in [1.29, 1.82) is 0 Å². The van der Waals surface area contributed by atoms with Crippen molar-refractivity contribution in [3.8, 4) is 0 Å². The Kier molecular flexibility index (Phi) is 6.03. The lowest BCUT2D eigenvalue weighted by Gasteiger charge is -2.19. The smallest absolute Gasteiger partial charge is 0.411 e. The fraction of sp³-hybridized carbons (Fsp3) is 0.269. The lowest BCUT2D eigenvalue weighted by Crippen LogP contribution is -2.19. The molecule has 30 heavy (non-hydrogen) atoms. The number of nitrogens with zero attached hydrogens (tertiary/aromatic N) is 1. The molecule has 0 saturated heterocycles. The molecule has 0 bridgehead atoms. The van der Waals surface area contributed by atoms with Gasteiger partial charge in [-0.1, -0.05) is 54.1 Å². The van der Waals surface area contributed by atoms with Gasteiger partial charge in [0.25, 0.3) is 0 Å². The van der Waals surface area contributed by atoms with Crippen molar-refractivity contribution in [3.05, 3.63) is 94.5 Å². The third-order valence-electron chi connectivity index (χ3n) is 5.64. The number of nitrogens with one attached hydrogen (secondary N) is 1. The molecule has 0 saturated carbocycles. The Morgan fingerprint density at radius 3 is 2.67 bits per heavy atom. The summed E-state index contributed by atoms with van der Waals surface area (Å²) in [7, 11) is 0. The molecule has 1 aliphatic heterocycles. The average Bonchev–Trinajstić information content (AvgIpc) is 3.12. The Hall–Kier alpha value is -3.27. The summed E-state index contributed by atoms with van der Waals surface area (Å²) in [4.78, 5) is 14.6. The molecule has 0 aliphatic carbocycles. The summed E-state index contributed by atoms with van der Waals surface area (Å²) >= 11 is 0. The Balaban J connectivity index is 1.30. The molecule has 3 aromatic rings. The van der Waals surface area contributed by atoms with Crippen molar-refractivity contribution in [2.45, 2.75) is 33.2 Å². The van der Waals surface area contributed by atoms with Gasteiger partial charge >= 0.3 is 6.09 Å². The standard InChI is InChI=1S/C26H28N2O2/c1-19-8-9-22(20(2)16-19)13-15-30-26(29)27-24-10-11-25-23(17-24)12-14-28(25)18-21-6-4-3-5-7-21/h3-11,16-17H,12-15,18H2,1-2H3,(H,27,29). The molecule has 4 nitrogen and oxygen atoms in total. The van der Waals surface area contributed by atoms with Crippen molar-refractivity contribution in [3.63, 3.8) is 0 Å². The number of hydrogen-bond acceptors (Lipinski definition) is 3. The molecule has 4 heteroatoms. The van der Waals surface area contributed by atoms with E-state index < -0.39 is 6.09 Å². The predicted molar refractivity (Wildman–Crippen MR) is 122 cm³/mol. The number of anilines is 2. The third-order valence-corrected chi connectivity index (χ3v) is 5.64. The van der Waals surface area contributed by atoms with E-state index >= 15 is 0 Å². The maximum atomic E-state index is 12.2. The van der Waals surface area contributed by atoms with Crippen LogP contribution in [0.3, 0.4) is 0 Å². The quantitative estimate of drug-likeness (QED) is 0.581. The van der Waals surface area contributed by atoms with E-state index in [4.69, 9.17) is 4.74 Å². The highest BCUT2D eigenvalue weighted by atomic mass is 16.5. The van der Waals surface area contributed by atoms with Gasteiger partial charge in [-0.05, 0) is 60.7 Å². The molecule has 0 radical (unpaired) electrons. The van der Waals surface area contributed by atoms with Gasteiger partial charge in [-0.25, -0.2) is 4.79 Å². The number of rotatable bonds is 6. The van der Waals surface area contributed by atoms with Crippen LogP contribution >= 0.6 is 0 Å². The molecule has 1 heterocycles. The Bertz CT molecular complexity index is 1030. The average molecular weight is 401 g/mol. The summed E-state index contributed by atoms with van der Waals surface area (Å²) in [6.07, 6.45) is 1.30. The maximum Gasteiger partial charge on any atom is 0.411 e. The summed E-state index contributed by atoms with van der Waals surface area (Å²) in [5.41, 5.74) is 8.29. The lowest BCUT2D eigenvalue weighted by molar-refractivity contribution is 0.163. The van der Waals surface area contributed by atoms with Crippen LogP contribution < -0.4 is 10.2 Å². The largest absolute Gasteiger partial charge is 0.449 e. The topological polar surface area (TPSA) is 41.6 Å². The number of carbonyl (C=O) groups excluding carboxylic acids is 1. The van der Waals surface area contributed by atoms with E-state index in [-0.39, 0.29) is 0 Å². The van der Waals surface area contributed by atoms with Gasteiger partial charge in [0.1, 0.15) is 0 Å². The van der Waals surface area contributed by atoms with Crippen molar-refractivity contribution in [2.75, 3.05) is 23.4 Å². The van der Waals surface area contributed by atoms with Crippen LogP contribution in [0.2, 0.25) is 0 Å². The molecule has 154 valence electrons. The first kappa shape index (κ1) is 20.0. The summed E-state index contributed by atoms with van der Waals surface area (Å²) in [5, 5.41) is 2.87. The maximum absolute atomic E-state index is 12.2. The van der Waals surface area contributed by atoms with Gasteiger partial charge in [-0.15, -0.1) is 0 Å². The first-order chi connectivity index (χ1) is 14.6. The minimum absolute atomic E-state index is 0.367. The van der Waals surface area contributed by atoms with Crippen LogP contribution in [0.1, 0.15) is 27.8 Å². The molecular weight excluding hydrogens is 372 g/mol. The van der Waals surface area contributed by atoms with Crippen LogP contribution in [0, 0.1) is 13.8 Å². The van der Waals surface area contributed by atoms with Crippen molar-refractivity contribution >= 4 is 17.5 Å². The Labute approximate surface area is 178 Å². The Morgan fingerprint density at radius 2 is 1.87 bits per heavy atom. The summed E-state index contributed by atoms with van der Waals surface area (Å²) in [6.45, 7) is 6.44. The van der Waals surface area contributed by atoms with Gasteiger partial charge in [0.2, 0.25) is 0 Å². The monoisotopic (exact) mass is 400 g/mol. The molecule has 1 N–H and O–H groups in total. The first-order valence-corrected chi connectivity index (χ1v) is 10.5. The van der Waals surface area contributed by atoms with E-state index in [0.717, 1.165) is 31.6 Å². The van der Waals surface area contributed by atoms with Gasteiger partial charge < -0.3 is 9.64 Å². The highest BCUT2D eigenvalue weighted by molar-refractivity contribution is 5.85. The summed E-state index contributed by atoms with van der Waals surface area (Å²) < 4.78 is 5.39. The third kappa shape index (κ3) is 4.82. The molecular formula is C26H28N2O2. The summed E-state index contributed by atoms with van der Waals surface area (Å²) in [6, 6.07) is 23.0. The lowest BCUT2D eigenvalue weighted by atomic mass is 10.0. The number of hydrogen-bond donors (Lipinski definition) is 1. The van der Waals surface area contributed by atoms with E-state index in [1.165, 1.54) is 33.5 Å². The molecule has 1 aliphatic rings. The van der Waals surface area contributed by atoms with Crippen LogP contribution in [0.4, 0.5) is 16.2 Å². The van der Waals surface area contributed by atoms with Gasteiger partial charge in [0, 0.05) is 30.9 Å². The van der Waals surface area contributed by atoms with Crippen molar-refractivity contribution in [1.82, 2.24) is 0 Å². The van der Waals surface area contributed by atoms with Gasteiger partial charge in [0.05, 0.1) is 6.61 Å². The number of carbonyl (C=O) groups is 1. The molecule has 0 spiro atoms. The first-order valence-electron chi connectivity index (χ1n) is 10.5. The van der Waals surface area contributed by atoms with Crippen LogP contribution in [0.15, 0.2) is 66.7 Å². The zero-order valence-corrected chi connectivity index (χ0v) is 17.7. The zero-order chi connectivity index (χ0) is 20.9. The minimum Gasteiger partial charge on any atom is -0.449 e. The van der Waals surface area contributed by atoms with Crippen molar-refractivity contribution in [2.24, 2.45) is 0 Å². The molecule has 4 rings (SSSR count). The second-order valence-electron chi connectivity index (χ2n) is 7.94. The van der Waals surface area contributed by atoms with Crippen LogP contribution in [0.5, 0.6) is 0 Å². The van der Waals surface area contributed by atoms with Gasteiger partial charge in [-0.2, -0.15) is 0 Å². The Morgan fingerprint density at radius 1 is 1.03 bits per heavy atom. The second-order valence-corrected chi connectivity index (χ2v) is 7.94. The SMILES string of the molecule is Cc1ccc(CCOC(=O)Nc2ccc3c(c2)CCN3Cc2ccccc2)c(C)c1. The number of fused-ring (bicyclic) bond motifs is 1. The van der Waals surface area contributed by atoms with E-state index in [1.807, 2.05) is 12.1 Å². The number of amides is 1. The minimum atomic E-state index is -0.404. The fourth-order valence-electron chi connectivity index (χ4n) is 4.05.